The third kappa shape index (κ3) is 6.69. The molecule has 71 heavy (non-hydrogen) atoms. The predicted molar refractivity (Wildman–Crippen MR) is 307 cm³/mol. The first-order valence-electron chi connectivity index (χ1n) is 26.0. The number of para-hydroxylation sites is 1. The van der Waals surface area contributed by atoms with Crippen molar-refractivity contribution in [2.75, 3.05) is 9.80 Å². The molecular weight excluding hydrogens is 858 g/mol. The van der Waals surface area contributed by atoms with Crippen LogP contribution < -0.4 is 26.2 Å². The van der Waals surface area contributed by atoms with Crippen LogP contribution in [-0.2, 0) is 21.7 Å². The molecule has 0 saturated heterocycles. The van der Waals surface area contributed by atoms with Crippen molar-refractivity contribution in [3.8, 4) is 16.8 Å². The molecule has 3 heterocycles. The van der Waals surface area contributed by atoms with Gasteiger partial charge in [-0.05, 0) is 176 Å². The van der Waals surface area contributed by atoms with Crippen LogP contribution in [0.2, 0.25) is 0 Å². The number of rotatable bonds is 3. The average Bonchev–Trinajstić information content (AvgIpc) is 3.73. The van der Waals surface area contributed by atoms with Crippen molar-refractivity contribution in [1.82, 2.24) is 4.57 Å². The smallest absolute Gasteiger partial charge is 0.252 e. The first-order chi connectivity index (χ1) is 33.5. The maximum atomic E-state index is 2.65. The average molecular weight is 926 g/mol. The standard InChI is InChI=1S/C67H68BN3/c1-39-31-60-62-61(32-39)70(55-28-23-43(33-42(55)4)64(5,6)7)57-30-25-45(66(11,12)13)35-53(57)68(62)54-37-50-49-34-44(65(8,9)10)24-29-56(49)71(63-40(2)19-18-20-41(63)3)58(50)38-59(54)69(60)46-26-27-48-47-21-16-17-22-51(47)67(14,15)52(48)36-46/h16-38H,1-15H3. The molecule has 0 bridgehead atoms. The SMILES string of the molecule is Cc1cc2c3c(c1)N(c1ccc(C(C)(C)C)cc1C)c1ccc(C(C)(C)C)cc1B3c1cc3c4cc(C(C)(C)C)ccc4n(-c4c(C)cccc4C)c3cc1N2c1ccc2c(c1)C(C)(C)c1ccccc1-2. The molecule has 4 heteroatoms. The molecule has 2 aliphatic heterocycles. The Balaban J connectivity index is 1.23. The molecule has 0 fully saturated rings. The number of benzene rings is 8. The van der Waals surface area contributed by atoms with Gasteiger partial charge in [0, 0.05) is 50.3 Å². The maximum Gasteiger partial charge on any atom is 0.252 e. The van der Waals surface area contributed by atoms with Gasteiger partial charge in [0.2, 0.25) is 0 Å². The van der Waals surface area contributed by atoms with E-state index in [-0.39, 0.29) is 28.4 Å². The summed E-state index contributed by atoms with van der Waals surface area (Å²) in [6, 6.07) is 55.1. The van der Waals surface area contributed by atoms with Gasteiger partial charge in [-0.3, -0.25) is 0 Å². The molecule has 0 N–H and O–H groups in total. The third-order valence-corrected chi connectivity index (χ3v) is 16.6. The molecule has 354 valence electrons. The van der Waals surface area contributed by atoms with Gasteiger partial charge >= 0.3 is 0 Å². The van der Waals surface area contributed by atoms with Gasteiger partial charge in [0.1, 0.15) is 0 Å². The maximum absolute atomic E-state index is 2.65. The lowest BCUT2D eigenvalue weighted by Gasteiger charge is -2.45. The Bertz CT molecular complexity index is 3730. The van der Waals surface area contributed by atoms with Gasteiger partial charge in [0.05, 0.1) is 16.7 Å². The van der Waals surface area contributed by atoms with Crippen LogP contribution in [0.1, 0.15) is 126 Å². The quantitative estimate of drug-likeness (QED) is 0.164. The minimum atomic E-state index is -0.158. The van der Waals surface area contributed by atoms with Crippen molar-refractivity contribution < 1.29 is 0 Å². The number of hydrogen-bond acceptors (Lipinski definition) is 2. The second-order valence-electron chi connectivity index (χ2n) is 25.0. The summed E-state index contributed by atoms with van der Waals surface area (Å²) in [5.41, 5.74) is 29.5. The molecule has 8 aromatic carbocycles. The van der Waals surface area contributed by atoms with Crippen LogP contribution in [0.3, 0.4) is 0 Å². The molecule has 3 aliphatic rings. The fourth-order valence-corrected chi connectivity index (χ4v) is 12.7. The van der Waals surface area contributed by atoms with E-state index in [1.54, 1.807) is 0 Å². The molecule has 0 atom stereocenters. The highest BCUT2D eigenvalue weighted by Gasteiger charge is 2.45. The Morgan fingerprint density at radius 1 is 0.423 bits per heavy atom. The predicted octanol–water partition coefficient (Wildman–Crippen LogP) is 16.3. The second-order valence-corrected chi connectivity index (χ2v) is 25.0. The normalized spacial score (nSPS) is 14.7. The number of aromatic nitrogens is 1. The van der Waals surface area contributed by atoms with E-state index in [1.165, 1.54) is 139 Å². The zero-order chi connectivity index (χ0) is 50.0. The molecule has 0 unspecified atom stereocenters. The van der Waals surface area contributed by atoms with Crippen molar-refractivity contribution in [3.63, 3.8) is 0 Å². The van der Waals surface area contributed by atoms with Gasteiger partial charge in [0.25, 0.3) is 6.71 Å². The molecule has 1 aliphatic carbocycles. The molecule has 12 rings (SSSR count). The van der Waals surface area contributed by atoms with E-state index in [9.17, 15) is 0 Å². The summed E-state index contributed by atoms with van der Waals surface area (Å²) >= 11 is 0. The van der Waals surface area contributed by atoms with E-state index < -0.39 is 0 Å². The van der Waals surface area contributed by atoms with Gasteiger partial charge in [-0.2, -0.15) is 0 Å². The summed E-state index contributed by atoms with van der Waals surface area (Å²) in [7, 11) is 0. The molecule has 1 aromatic heterocycles. The Kier molecular flexibility index (Phi) is 9.66. The Morgan fingerprint density at radius 2 is 1.00 bits per heavy atom. The monoisotopic (exact) mass is 926 g/mol. The van der Waals surface area contributed by atoms with Crippen LogP contribution in [-0.4, -0.2) is 11.3 Å². The van der Waals surface area contributed by atoms with Crippen molar-refractivity contribution in [3.05, 3.63) is 190 Å². The van der Waals surface area contributed by atoms with Crippen molar-refractivity contribution >= 4 is 79.0 Å². The van der Waals surface area contributed by atoms with Gasteiger partial charge in [-0.15, -0.1) is 0 Å². The van der Waals surface area contributed by atoms with Crippen LogP contribution in [0.4, 0.5) is 34.1 Å². The molecule has 0 amide bonds. The van der Waals surface area contributed by atoms with E-state index in [1.807, 2.05) is 0 Å². The van der Waals surface area contributed by atoms with Gasteiger partial charge in [-0.25, -0.2) is 0 Å². The number of nitrogens with zero attached hydrogens (tertiary/aromatic N) is 3. The largest absolute Gasteiger partial charge is 0.311 e. The first-order valence-corrected chi connectivity index (χ1v) is 26.0. The van der Waals surface area contributed by atoms with Crippen LogP contribution >= 0.6 is 0 Å². The number of fused-ring (bicyclic) bond motifs is 10. The summed E-state index contributed by atoms with van der Waals surface area (Å²) < 4.78 is 2.58. The summed E-state index contributed by atoms with van der Waals surface area (Å²) in [6.45, 7) is 35.0. The van der Waals surface area contributed by atoms with Gasteiger partial charge < -0.3 is 14.4 Å². The summed E-state index contributed by atoms with van der Waals surface area (Å²) in [6.07, 6.45) is 0. The Morgan fingerprint density at radius 3 is 1.68 bits per heavy atom. The molecule has 0 saturated carbocycles. The zero-order valence-electron chi connectivity index (χ0n) is 44.7. The molecule has 9 aromatic rings. The van der Waals surface area contributed by atoms with Crippen molar-refractivity contribution in [2.24, 2.45) is 0 Å². The van der Waals surface area contributed by atoms with Crippen LogP contribution in [0.15, 0.2) is 140 Å². The minimum Gasteiger partial charge on any atom is -0.311 e. The van der Waals surface area contributed by atoms with E-state index in [0.717, 1.165) is 0 Å². The van der Waals surface area contributed by atoms with Crippen molar-refractivity contribution in [2.45, 2.75) is 126 Å². The summed E-state index contributed by atoms with van der Waals surface area (Å²) in [5, 5.41) is 2.59. The lowest BCUT2D eigenvalue weighted by Crippen LogP contribution is -2.61. The van der Waals surface area contributed by atoms with Crippen LogP contribution in [0.5, 0.6) is 0 Å². The fraction of sp³-hybridized carbons (Fsp3) is 0.284. The molecule has 0 spiro atoms. The first kappa shape index (κ1) is 45.4. The summed E-state index contributed by atoms with van der Waals surface area (Å²) in [4.78, 5) is 5.26. The summed E-state index contributed by atoms with van der Waals surface area (Å²) in [5.74, 6) is 0. The molecule has 0 radical (unpaired) electrons. The van der Waals surface area contributed by atoms with Crippen LogP contribution in [0, 0.1) is 27.7 Å². The second kappa shape index (κ2) is 15.1. The van der Waals surface area contributed by atoms with Crippen LogP contribution in [0.25, 0.3) is 38.6 Å². The number of hydrogen-bond donors (Lipinski definition) is 0. The van der Waals surface area contributed by atoms with E-state index >= 15 is 0 Å². The van der Waals surface area contributed by atoms with Gasteiger partial charge in [0.15, 0.2) is 0 Å². The Labute approximate surface area is 423 Å². The number of anilines is 6. The van der Waals surface area contributed by atoms with Gasteiger partial charge in [-0.1, -0.05) is 161 Å². The topological polar surface area (TPSA) is 11.4 Å². The molecule has 3 nitrogen and oxygen atoms in total. The minimum absolute atomic E-state index is 0.0166. The van der Waals surface area contributed by atoms with E-state index in [2.05, 4.69) is 258 Å². The van der Waals surface area contributed by atoms with E-state index in [0.29, 0.717) is 0 Å². The third-order valence-electron chi connectivity index (χ3n) is 16.6. The highest BCUT2D eigenvalue weighted by Crippen LogP contribution is 2.53. The zero-order valence-corrected chi connectivity index (χ0v) is 44.7. The highest BCUT2D eigenvalue weighted by atomic mass is 15.2. The lowest BCUT2D eigenvalue weighted by molar-refractivity contribution is 0.590. The lowest BCUT2D eigenvalue weighted by atomic mass is 9.33. The number of aryl methyl sites for hydroxylation is 4. The molecular formula is C67H68BN3. The Hall–Kier alpha value is -6.78. The highest BCUT2D eigenvalue weighted by molar-refractivity contribution is 7.00. The van der Waals surface area contributed by atoms with E-state index in [4.69, 9.17) is 0 Å². The van der Waals surface area contributed by atoms with Crippen molar-refractivity contribution in [1.29, 1.82) is 0 Å². The fourth-order valence-electron chi connectivity index (χ4n) is 12.7.